The Morgan fingerprint density at radius 3 is 2.37 bits per heavy atom. The van der Waals surface area contributed by atoms with Crippen LogP contribution in [-0.4, -0.2) is 11.7 Å². The lowest BCUT2D eigenvalue weighted by Gasteiger charge is -2.15. The van der Waals surface area contributed by atoms with Gasteiger partial charge in [0.15, 0.2) is 0 Å². The van der Waals surface area contributed by atoms with E-state index < -0.39 is 11.7 Å². The summed E-state index contributed by atoms with van der Waals surface area (Å²) in [5, 5.41) is 9.83. The van der Waals surface area contributed by atoms with E-state index in [1.807, 2.05) is 18.2 Å². The first-order valence-electron chi connectivity index (χ1n) is 8.99. The minimum atomic E-state index is -4.62. The number of methoxy groups -OCH3 is 1. The second-order valence-electron chi connectivity index (χ2n) is 6.72. The van der Waals surface area contributed by atoms with Crippen molar-refractivity contribution in [2.24, 2.45) is 0 Å². The van der Waals surface area contributed by atoms with Crippen molar-refractivity contribution in [1.82, 2.24) is 4.57 Å². The molecule has 4 nitrogen and oxygen atoms in total. The van der Waals surface area contributed by atoms with Gasteiger partial charge in [-0.1, -0.05) is 12.1 Å². The van der Waals surface area contributed by atoms with Crippen LogP contribution in [0.2, 0.25) is 0 Å². The maximum Gasteiger partial charge on any atom is 0.418 e. The summed E-state index contributed by atoms with van der Waals surface area (Å²) in [7, 11) is 1.56. The zero-order valence-corrected chi connectivity index (χ0v) is 15.9. The summed E-state index contributed by atoms with van der Waals surface area (Å²) in [6, 6.07) is 18.3. The van der Waals surface area contributed by atoms with Crippen LogP contribution in [0.15, 0.2) is 66.9 Å². The Kier molecular flexibility index (Phi) is 4.63. The Bertz CT molecular complexity index is 1280. The van der Waals surface area contributed by atoms with E-state index in [0.717, 1.165) is 5.69 Å². The fraction of sp³-hybridized carbons (Fsp3) is 0.0870. The Morgan fingerprint density at radius 2 is 1.73 bits per heavy atom. The van der Waals surface area contributed by atoms with Gasteiger partial charge in [-0.15, -0.1) is 0 Å². The lowest BCUT2D eigenvalue weighted by Crippen LogP contribution is -2.10. The minimum absolute atomic E-state index is 0.0325. The van der Waals surface area contributed by atoms with Gasteiger partial charge in [-0.05, 0) is 54.1 Å². The maximum absolute atomic E-state index is 13.8. The number of ether oxygens (including phenoxy) is 1. The monoisotopic (exact) mass is 407 g/mol. The van der Waals surface area contributed by atoms with E-state index in [0.29, 0.717) is 27.8 Å². The Labute approximate surface area is 170 Å². The summed E-state index contributed by atoms with van der Waals surface area (Å²) in [6.45, 7) is 0. The first kappa shape index (κ1) is 19.4. The molecule has 0 aliphatic carbocycles. The lowest BCUT2D eigenvalue weighted by atomic mass is 9.97. The molecule has 1 aromatic heterocycles. The van der Waals surface area contributed by atoms with Crippen LogP contribution < -0.4 is 10.5 Å². The molecule has 4 rings (SSSR count). The third kappa shape index (κ3) is 3.22. The van der Waals surface area contributed by atoms with Crippen molar-refractivity contribution < 1.29 is 17.9 Å². The highest BCUT2D eigenvalue weighted by atomic mass is 19.4. The quantitative estimate of drug-likeness (QED) is 0.438. The number of hydrogen-bond donors (Lipinski definition) is 1. The standard InChI is InChI=1S/C23H16F3N3O/c1-30-16-8-6-15(7-9-16)29-13-19(18-11-14(12-27)5-10-21(18)29)17-3-2-4-20(28)22(17)23(24,25)26/h2-11,13H,28H2,1H3. The molecule has 0 aliphatic rings. The van der Waals surface area contributed by atoms with Crippen LogP contribution >= 0.6 is 0 Å². The summed E-state index contributed by atoms with van der Waals surface area (Å²) >= 11 is 0. The predicted molar refractivity (Wildman–Crippen MR) is 109 cm³/mol. The number of rotatable bonds is 3. The van der Waals surface area contributed by atoms with E-state index in [-0.39, 0.29) is 11.3 Å². The van der Waals surface area contributed by atoms with Gasteiger partial charge in [0.25, 0.3) is 0 Å². The van der Waals surface area contributed by atoms with Gasteiger partial charge in [-0.2, -0.15) is 18.4 Å². The lowest BCUT2D eigenvalue weighted by molar-refractivity contribution is -0.136. The Balaban J connectivity index is 2.04. The van der Waals surface area contributed by atoms with Crippen molar-refractivity contribution >= 4 is 16.6 Å². The second-order valence-corrected chi connectivity index (χ2v) is 6.72. The molecule has 30 heavy (non-hydrogen) atoms. The summed E-state index contributed by atoms with van der Waals surface area (Å²) < 4.78 is 48.4. The maximum atomic E-state index is 13.8. The highest BCUT2D eigenvalue weighted by Gasteiger charge is 2.36. The molecule has 0 saturated heterocycles. The van der Waals surface area contributed by atoms with Gasteiger partial charge in [0.1, 0.15) is 5.75 Å². The number of hydrogen-bond acceptors (Lipinski definition) is 3. The molecular weight excluding hydrogens is 391 g/mol. The number of nitrogens with two attached hydrogens (primary N) is 1. The molecule has 0 saturated carbocycles. The number of nitrogens with zero attached hydrogens (tertiary/aromatic N) is 2. The summed E-state index contributed by atoms with van der Waals surface area (Å²) in [6.07, 6.45) is -2.99. The molecule has 0 fully saturated rings. The average molecular weight is 407 g/mol. The first-order valence-corrected chi connectivity index (χ1v) is 8.99. The van der Waals surface area contributed by atoms with Crippen LogP contribution in [-0.2, 0) is 6.18 Å². The number of nitriles is 1. The zero-order chi connectivity index (χ0) is 21.5. The first-order chi connectivity index (χ1) is 14.3. The van der Waals surface area contributed by atoms with Crippen molar-refractivity contribution in [2.75, 3.05) is 12.8 Å². The van der Waals surface area contributed by atoms with Crippen molar-refractivity contribution in [2.45, 2.75) is 6.18 Å². The largest absolute Gasteiger partial charge is 0.497 e. The van der Waals surface area contributed by atoms with Gasteiger partial charge in [0, 0.05) is 28.5 Å². The predicted octanol–water partition coefficient (Wildman–Crippen LogP) is 5.78. The molecule has 0 bridgehead atoms. The normalized spacial score (nSPS) is 11.4. The van der Waals surface area contributed by atoms with Gasteiger partial charge in [-0.25, -0.2) is 0 Å². The summed E-state index contributed by atoms with van der Waals surface area (Å²) in [5.41, 5.74) is 6.55. The van der Waals surface area contributed by atoms with Gasteiger partial charge in [0.2, 0.25) is 0 Å². The minimum Gasteiger partial charge on any atom is -0.497 e. The molecule has 0 aliphatic heterocycles. The van der Waals surface area contributed by atoms with Crippen molar-refractivity contribution in [3.05, 3.63) is 78.0 Å². The smallest absolute Gasteiger partial charge is 0.418 e. The molecule has 0 atom stereocenters. The zero-order valence-electron chi connectivity index (χ0n) is 15.9. The molecule has 1 heterocycles. The van der Waals surface area contributed by atoms with E-state index >= 15 is 0 Å². The number of halogens is 3. The van der Waals surface area contributed by atoms with Crippen LogP contribution in [0.25, 0.3) is 27.7 Å². The molecule has 150 valence electrons. The molecule has 0 radical (unpaired) electrons. The molecule has 0 amide bonds. The number of aromatic nitrogens is 1. The van der Waals surface area contributed by atoms with Crippen molar-refractivity contribution in [1.29, 1.82) is 5.26 Å². The van der Waals surface area contributed by atoms with Crippen LogP contribution in [0.5, 0.6) is 5.75 Å². The second kappa shape index (κ2) is 7.16. The molecule has 0 spiro atoms. The molecular formula is C23H16F3N3O. The van der Waals surface area contributed by atoms with Gasteiger partial charge in [0.05, 0.1) is 29.8 Å². The Morgan fingerprint density at radius 1 is 1.00 bits per heavy atom. The summed E-state index contributed by atoms with van der Waals surface area (Å²) in [4.78, 5) is 0. The third-order valence-corrected chi connectivity index (χ3v) is 4.95. The number of nitrogen functional groups attached to an aromatic ring is 1. The number of alkyl halides is 3. The van der Waals surface area contributed by atoms with Crippen LogP contribution in [0.3, 0.4) is 0 Å². The molecule has 3 aromatic carbocycles. The van der Waals surface area contributed by atoms with E-state index in [4.69, 9.17) is 10.5 Å². The molecule has 4 aromatic rings. The summed E-state index contributed by atoms with van der Waals surface area (Å²) in [5.74, 6) is 0.664. The molecule has 7 heteroatoms. The molecule has 2 N–H and O–H groups in total. The van der Waals surface area contributed by atoms with Crippen molar-refractivity contribution in [3.63, 3.8) is 0 Å². The highest BCUT2D eigenvalue weighted by Crippen LogP contribution is 2.43. The van der Waals surface area contributed by atoms with Crippen LogP contribution in [0.1, 0.15) is 11.1 Å². The highest BCUT2D eigenvalue weighted by molar-refractivity contribution is 5.99. The number of benzene rings is 3. The van der Waals surface area contributed by atoms with E-state index in [1.54, 1.807) is 48.2 Å². The van der Waals surface area contributed by atoms with Crippen LogP contribution in [0, 0.1) is 11.3 Å². The Hall–Kier alpha value is -3.92. The van der Waals surface area contributed by atoms with Gasteiger partial charge in [-0.3, -0.25) is 0 Å². The average Bonchev–Trinajstić information content (AvgIpc) is 3.11. The number of fused-ring (bicyclic) bond motifs is 1. The SMILES string of the molecule is COc1ccc(-n2cc(-c3cccc(N)c3C(F)(F)F)c3cc(C#N)ccc32)cc1. The third-order valence-electron chi connectivity index (χ3n) is 4.95. The van der Waals surface area contributed by atoms with Gasteiger partial charge >= 0.3 is 6.18 Å². The fourth-order valence-electron chi connectivity index (χ4n) is 3.58. The van der Waals surface area contributed by atoms with Gasteiger partial charge < -0.3 is 15.0 Å². The van der Waals surface area contributed by atoms with E-state index in [2.05, 4.69) is 0 Å². The van der Waals surface area contributed by atoms with Crippen molar-refractivity contribution in [3.8, 4) is 28.6 Å². The van der Waals surface area contributed by atoms with Crippen LogP contribution in [0.4, 0.5) is 18.9 Å². The van der Waals surface area contributed by atoms with E-state index in [9.17, 15) is 18.4 Å². The number of anilines is 1. The van der Waals surface area contributed by atoms with E-state index in [1.165, 1.54) is 18.2 Å². The molecule has 0 unspecified atom stereocenters. The topological polar surface area (TPSA) is 64.0 Å². The fourth-order valence-corrected chi connectivity index (χ4v) is 3.58.